The topological polar surface area (TPSA) is 32.1 Å². The molecule has 0 fully saturated rings. The third-order valence-corrected chi connectivity index (χ3v) is 11.6. The van der Waals surface area contributed by atoms with Crippen LogP contribution in [0.1, 0.15) is 20.8 Å². The van der Waals surface area contributed by atoms with Gasteiger partial charge in [-0.15, -0.1) is 5.46 Å². The van der Waals surface area contributed by atoms with Crippen LogP contribution in [0, 0.1) is 40.7 Å². The van der Waals surface area contributed by atoms with Gasteiger partial charge in [0, 0.05) is 19.8 Å². The first-order chi connectivity index (χ1) is 24.4. The summed E-state index contributed by atoms with van der Waals surface area (Å²) in [6.45, 7) is 4.06. The molecule has 5 rings (SSSR count). The van der Waals surface area contributed by atoms with Gasteiger partial charge in [-0.3, -0.25) is 0 Å². The van der Waals surface area contributed by atoms with Crippen LogP contribution in [0.15, 0.2) is 103 Å². The van der Waals surface area contributed by atoms with Crippen LogP contribution in [0.3, 0.4) is 0 Å². The van der Waals surface area contributed by atoms with Crippen molar-refractivity contribution in [3.05, 3.63) is 144 Å². The molecular weight excluding hydrogens is 690 g/mol. The summed E-state index contributed by atoms with van der Waals surface area (Å²) in [7, 11) is -0.297. The Labute approximate surface area is 294 Å². The number of hydrogen-bond donors (Lipinski definition) is 1. The lowest BCUT2D eigenvalue weighted by atomic mass is 9.13. The van der Waals surface area contributed by atoms with Crippen LogP contribution in [0.25, 0.3) is 0 Å². The summed E-state index contributed by atoms with van der Waals surface area (Å²) >= 11 is 0. The van der Waals surface area contributed by atoms with Crippen LogP contribution in [0.4, 0.5) is 36.4 Å². The minimum absolute atomic E-state index is 0.0156. The van der Waals surface area contributed by atoms with Crippen molar-refractivity contribution in [2.75, 3.05) is 33.9 Å². The molecule has 4 nitrogen and oxygen atoms in total. The fraction of sp³-hybridized carbons (Fsp3) is 0.211. The zero-order chi connectivity index (χ0) is 37.3. The molecule has 0 radical (unpaired) electrons. The third-order valence-electron chi connectivity index (χ3n) is 8.50. The van der Waals surface area contributed by atoms with Crippen LogP contribution in [-0.2, 0) is 13.3 Å². The van der Waals surface area contributed by atoms with Gasteiger partial charge in [0.15, 0.2) is 11.6 Å². The summed E-state index contributed by atoms with van der Waals surface area (Å²) in [5.41, 5.74) is 0.300. The van der Waals surface area contributed by atoms with Crippen molar-refractivity contribution in [2.24, 2.45) is 0 Å². The molecule has 0 aromatic heterocycles. The molecule has 0 saturated carbocycles. The zero-order valence-corrected chi connectivity index (χ0v) is 29.9. The SMILES string of the molecule is CCO[Si](OCC)(OCC)c1c(F)c(F)c([B-](c2ccc(F)cc2)(c2ccc(F)cc2)c2ccc(F)cc2)c(F)c1F.C[NH+](C)c1ccccc1. The van der Waals surface area contributed by atoms with Gasteiger partial charge in [0.25, 0.3) is 0 Å². The van der Waals surface area contributed by atoms with Crippen molar-refractivity contribution in [3.8, 4) is 0 Å². The second-order valence-electron chi connectivity index (χ2n) is 11.8. The summed E-state index contributed by atoms with van der Waals surface area (Å²) in [5, 5.41) is -1.14. The van der Waals surface area contributed by atoms with E-state index in [0.717, 1.165) is 36.4 Å². The summed E-state index contributed by atoms with van der Waals surface area (Å²) in [4.78, 5) is 1.37. The average Bonchev–Trinajstić information content (AvgIpc) is 3.12. The maximum absolute atomic E-state index is 16.6. The largest absolute Gasteiger partial charge is 0.543 e. The second kappa shape index (κ2) is 17.3. The van der Waals surface area contributed by atoms with Gasteiger partial charge >= 0.3 is 8.80 Å². The van der Waals surface area contributed by atoms with Gasteiger partial charge in [0.2, 0.25) is 0 Å². The van der Waals surface area contributed by atoms with Crippen molar-refractivity contribution in [1.82, 2.24) is 0 Å². The molecule has 0 aliphatic rings. The maximum Gasteiger partial charge on any atom is 0.543 e. The van der Waals surface area contributed by atoms with Gasteiger partial charge in [-0.2, -0.15) is 16.4 Å². The first kappa shape index (κ1) is 39.5. The lowest BCUT2D eigenvalue weighted by Crippen LogP contribution is -3.00. The Morgan fingerprint density at radius 1 is 0.490 bits per heavy atom. The first-order valence-electron chi connectivity index (χ1n) is 16.5. The van der Waals surface area contributed by atoms with Gasteiger partial charge in [0.1, 0.15) is 40.9 Å². The molecule has 0 unspecified atom stereocenters. The van der Waals surface area contributed by atoms with E-state index in [0.29, 0.717) is 0 Å². The van der Waals surface area contributed by atoms with E-state index >= 15 is 17.6 Å². The fourth-order valence-electron chi connectivity index (χ4n) is 6.31. The molecule has 270 valence electrons. The smallest absolute Gasteiger partial charge is 0.370 e. The first-order valence-corrected chi connectivity index (χ1v) is 18.2. The molecule has 5 aromatic carbocycles. The molecule has 0 bridgehead atoms. The van der Waals surface area contributed by atoms with E-state index in [2.05, 4.69) is 38.4 Å². The number of hydrogen-bond acceptors (Lipinski definition) is 3. The van der Waals surface area contributed by atoms with Crippen molar-refractivity contribution < 1.29 is 48.9 Å². The second-order valence-corrected chi connectivity index (χ2v) is 14.3. The Hall–Kier alpha value is -4.27. The van der Waals surface area contributed by atoms with E-state index in [1.54, 1.807) is 0 Å². The highest BCUT2D eigenvalue weighted by atomic mass is 28.4. The van der Waals surface area contributed by atoms with Gasteiger partial charge in [-0.05, 0) is 69.3 Å². The van der Waals surface area contributed by atoms with Gasteiger partial charge in [-0.1, -0.05) is 54.6 Å². The van der Waals surface area contributed by atoms with Crippen LogP contribution in [0.5, 0.6) is 0 Å². The van der Waals surface area contributed by atoms with Gasteiger partial charge < -0.3 is 18.2 Å². The quantitative estimate of drug-likeness (QED) is 0.114. The molecule has 0 aliphatic carbocycles. The summed E-state index contributed by atoms with van der Waals surface area (Å²) < 4.78 is 125. The maximum atomic E-state index is 16.6. The molecule has 0 amide bonds. The predicted molar refractivity (Wildman–Crippen MR) is 189 cm³/mol. The monoisotopic (exact) mass is 729 g/mol. The minimum atomic E-state index is -4.54. The number of rotatable bonds is 12. The lowest BCUT2D eigenvalue weighted by Gasteiger charge is -2.44. The van der Waals surface area contributed by atoms with E-state index in [9.17, 15) is 13.2 Å². The van der Waals surface area contributed by atoms with E-state index in [-0.39, 0.29) is 36.2 Å². The van der Waals surface area contributed by atoms with Crippen LogP contribution >= 0.6 is 0 Å². The highest BCUT2D eigenvalue weighted by Gasteiger charge is 2.51. The van der Waals surface area contributed by atoms with Gasteiger partial charge in [0.05, 0.1) is 19.3 Å². The lowest BCUT2D eigenvalue weighted by molar-refractivity contribution is -0.786. The molecule has 0 aliphatic heterocycles. The highest BCUT2D eigenvalue weighted by molar-refractivity contribution is 7.20. The molecule has 0 saturated heterocycles. The normalized spacial score (nSPS) is 11.8. The molecule has 1 N–H and O–H groups in total. The minimum Gasteiger partial charge on any atom is -0.370 e. The molecule has 5 aromatic rings. The van der Waals surface area contributed by atoms with E-state index in [1.807, 2.05) is 6.07 Å². The number of para-hydroxylation sites is 1. The highest BCUT2D eigenvalue weighted by Crippen LogP contribution is 2.22. The van der Waals surface area contributed by atoms with E-state index < -0.39 is 66.3 Å². The van der Waals surface area contributed by atoms with E-state index in [1.165, 1.54) is 67.8 Å². The standard InChI is InChI=1S/C30H27BF7O3Si.C8H11N/c1-4-39-42(40-5-2,41-6-3)30-28(37)26(35)25(27(36)29(30)38)31(19-7-13-22(32)14-8-19,20-9-15-23(33)16-10-20)21-11-17-24(34)18-12-21;1-9(2)8-6-4-3-5-7-8/h7-18H,4-6H2,1-3H3;3-7H,1-2H3/q-1;/p+1. The number of nitrogens with one attached hydrogen (secondary N) is 1. The molecular formula is C38H39BF7NO3Si. The third kappa shape index (κ3) is 8.13. The Morgan fingerprint density at radius 2 is 0.824 bits per heavy atom. The van der Waals surface area contributed by atoms with Crippen molar-refractivity contribution in [3.63, 3.8) is 0 Å². The van der Waals surface area contributed by atoms with E-state index in [4.69, 9.17) is 13.3 Å². The fourth-order valence-corrected chi connectivity index (χ4v) is 8.89. The molecule has 0 heterocycles. The summed E-state index contributed by atoms with van der Waals surface area (Å²) in [5.74, 6) is -9.29. The number of benzene rings is 5. The molecule has 51 heavy (non-hydrogen) atoms. The Balaban J connectivity index is 0.000000563. The molecule has 0 spiro atoms. The number of quaternary nitrogens is 1. The van der Waals surface area contributed by atoms with Crippen molar-refractivity contribution >= 4 is 47.7 Å². The Morgan fingerprint density at radius 3 is 1.10 bits per heavy atom. The van der Waals surface area contributed by atoms with Gasteiger partial charge in [-0.25, -0.2) is 30.7 Å². The predicted octanol–water partition coefficient (Wildman–Crippen LogP) is 4.76. The summed E-state index contributed by atoms with van der Waals surface area (Å²) in [6.07, 6.45) is -3.27. The van der Waals surface area contributed by atoms with Crippen LogP contribution in [0.2, 0.25) is 0 Å². The van der Waals surface area contributed by atoms with Crippen molar-refractivity contribution in [1.29, 1.82) is 0 Å². The zero-order valence-electron chi connectivity index (χ0n) is 28.9. The molecule has 0 atom stereocenters. The van der Waals surface area contributed by atoms with Crippen molar-refractivity contribution in [2.45, 2.75) is 20.8 Å². The summed E-state index contributed by atoms with van der Waals surface area (Å²) in [6, 6.07) is 23.6. The Kier molecular flexibility index (Phi) is 13.4. The average molecular weight is 730 g/mol. The van der Waals surface area contributed by atoms with Crippen LogP contribution < -0.4 is 31.9 Å². The Bertz CT molecular complexity index is 1730. The van der Waals surface area contributed by atoms with Crippen LogP contribution in [-0.4, -0.2) is 48.9 Å². The molecule has 13 heteroatoms. The number of halogens is 7.